The second-order valence-corrected chi connectivity index (χ2v) is 12.1. The third-order valence-corrected chi connectivity index (χ3v) is 9.76. The summed E-state index contributed by atoms with van der Waals surface area (Å²) in [6.45, 7) is 1.99. The molecule has 1 amide bonds. The van der Waals surface area contributed by atoms with Crippen molar-refractivity contribution in [3.8, 4) is 5.00 Å². The van der Waals surface area contributed by atoms with Crippen LogP contribution >= 0.6 is 22.9 Å². The van der Waals surface area contributed by atoms with Crippen LogP contribution in [0.1, 0.15) is 71.7 Å². The van der Waals surface area contributed by atoms with Gasteiger partial charge in [-0.15, -0.1) is 21.5 Å². The Labute approximate surface area is 218 Å². The Kier molecular flexibility index (Phi) is 5.16. The average molecular weight is 524 g/mol. The van der Waals surface area contributed by atoms with Crippen LogP contribution in [0.2, 0.25) is 5.02 Å². The lowest BCUT2D eigenvalue weighted by Gasteiger charge is -2.26. The number of alkyl halides is 1. The minimum atomic E-state index is -0.726. The Morgan fingerprint density at radius 1 is 1.17 bits per heavy atom. The van der Waals surface area contributed by atoms with E-state index in [1.54, 1.807) is 11.3 Å². The molecule has 1 aliphatic heterocycles. The number of carbonyl (C=O) groups excluding carboxylic acids is 1. The Balaban J connectivity index is 1.29. The van der Waals surface area contributed by atoms with E-state index in [1.165, 1.54) is 10.4 Å². The Morgan fingerprint density at radius 3 is 2.69 bits per heavy atom. The average Bonchev–Trinajstić information content (AvgIpc) is 3.20. The fraction of sp³-hybridized carbons (Fsp3) is 0.481. The molecule has 0 saturated heterocycles. The first-order valence-corrected chi connectivity index (χ1v) is 14.0. The lowest BCUT2D eigenvalue weighted by atomic mass is 9.93. The minimum Gasteiger partial charge on any atom is -0.353 e. The highest BCUT2D eigenvalue weighted by Crippen LogP contribution is 2.54. The van der Waals surface area contributed by atoms with Crippen molar-refractivity contribution in [1.82, 2.24) is 20.1 Å². The number of aryl methyl sites for hydroxylation is 1. The summed E-state index contributed by atoms with van der Waals surface area (Å²) in [7, 11) is 0. The summed E-state index contributed by atoms with van der Waals surface area (Å²) in [5, 5.41) is 14.0. The van der Waals surface area contributed by atoms with Crippen LogP contribution in [-0.4, -0.2) is 38.6 Å². The highest BCUT2D eigenvalue weighted by molar-refractivity contribution is 7.15. The van der Waals surface area contributed by atoms with E-state index in [-0.39, 0.29) is 23.4 Å². The lowest BCUT2D eigenvalue weighted by molar-refractivity contribution is -0.125. The van der Waals surface area contributed by atoms with Crippen molar-refractivity contribution in [3.05, 3.63) is 62.5 Å². The summed E-state index contributed by atoms with van der Waals surface area (Å²) in [5.74, 6) is 1.72. The van der Waals surface area contributed by atoms with Gasteiger partial charge in [0, 0.05) is 33.0 Å². The first kappa shape index (κ1) is 22.6. The highest BCUT2D eigenvalue weighted by atomic mass is 35.5. The normalized spacial score (nSPS) is 25.5. The summed E-state index contributed by atoms with van der Waals surface area (Å²) in [5.41, 5.74) is 3.71. The minimum absolute atomic E-state index is 0.0810. The zero-order valence-corrected chi connectivity index (χ0v) is 21.6. The molecule has 2 saturated carbocycles. The highest BCUT2D eigenvalue weighted by Gasteiger charge is 2.52. The van der Waals surface area contributed by atoms with E-state index < -0.39 is 6.17 Å². The second-order valence-electron chi connectivity index (χ2n) is 10.6. The molecule has 1 aromatic carbocycles. The molecule has 1 N–H and O–H groups in total. The van der Waals surface area contributed by atoms with Gasteiger partial charge < -0.3 is 5.32 Å². The zero-order chi connectivity index (χ0) is 24.6. The van der Waals surface area contributed by atoms with Crippen LogP contribution in [0.15, 0.2) is 29.3 Å². The number of aliphatic imine (C=N–C) groups is 1. The molecule has 0 bridgehead atoms. The molecule has 186 valence electrons. The number of hydrogen-bond acceptors (Lipinski definition) is 5. The number of amides is 1. The van der Waals surface area contributed by atoms with E-state index in [2.05, 4.69) is 20.1 Å². The van der Waals surface area contributed by atoms with Gasteiger partial charge >= 0.3 is 0 Å². The van der Waals surface area contributed by atoms with Crippen LogP contribution in [0, 0.1) is 12.8 Å². The third kappa shape index (κ3) is 3.48. The Hall–Kier alpha value is -2.58. The van der Waals surface area contributed by atoms with E-state index in [0.29, 0.717) is 30.7 Å². The summed E-state index contributed by atoms with van der Waals surface area (Å²) in [6.07, 6.45) is 5.02. The number of nitrogens with zero attached hydrogens (tertiary/aromatic N) is 4. The maximum atomic E-state index is 13.6. The van der Waals surface area contributed by atoms with Gasteiger partial charge in [-0.3, -0.25) is 14.4 Å². The molecule has 3 aromatic rings. The molecule has 7 rings (SSSR count). The third-order valence-electron chi connectivity index (χ3n) is 8.19. The van der Waals surface area contributed by atoms with Crippen molar-refractivity contribution in [2.24, 2.45) is 10.9 Å². The smallest absolute Gasteiger partial charge is 0.224 e. The van der Waals surface area contributed by atoms with Gasteiger partial charge in [-0.25, -0.2) is 4.39 Å². The quantitative estimate of drug-likeness (QED) is 0.510. The van der Waals surface area contributed by atoms with Gasteiger partial charge in [-0.2, -0.15) is 0 Å². The van der Waals surface area contributed by atoms with E-state index in [1.807, 2.05) is 31.2 Å². The fourth-order valence-electron chi connectivity index (χ4n) is 6.05. The number of halogens is 2. The molecular weight excluding hydrogens is 497 g/mol. The second kappa shape index (κ2) is 8.21. The molecule has 4 aliphatic rings. The van der Waals surface area contributed by atoms with E-state index >= 15 is 0 Å². The van der Waals surface area contributed by atoms with Gasteiger partial charge in [-0.1, -0.05) is 29.8 Å². The molecule has 3 aliphatic carbocycles. The number of rotatable bonds is 3. The molecule has 1 atom stereocenters. The van der Waals surface area contributed by atoms with Gasteiger partial charge in [0.2, 0.25) is 5.91 Å². The summed E-state index contributed by atoms with van der Waals surface area (Å²) in [6, 6.07) is 7.95. The van der Waals surface area contributed by atoms with Crippen molar-refractivity contribution < 1.29 is 9.18 Å². The van der Waals surface area contributed by atoms with E-state index in [4.69, 9.17) is 16.6 Å². The summed E-state index contributed by atoms with van der Waals surface area (Å²) < 4.78 is 15.7. The van der Waals surface area contributed by atoms with Crippen molar-refractivity contribution in [2.75, 3.05) is 0 Å². The van der Waals surface area contributed by atoms with Crippen molar-refractivity contribution >= 4 is 34.6 Å². The van der Waals surface area contributed by atoms with Crippen LogP contribution in [0.25, 0.3) is 5.00 Å². The number of nitrogens with one attached hydrogen (secondary N) is 1. The Bertz CT molecular complexity index is 1420. The molecule has 0 unspecified atom stereocenters. The van der Waals surface area contributed by atoms with E-state index in [0.717, 1.165) is 59.2 Å². The molecule has 9 heteroatoms. The van der Waals surface area contributed by atoms with Gasteiger partial charge in [0.15, 0.2) is 5.82 Å². The van der Waals surface area contributed by atoms with Crippen molar-refractivity contribution in [1.29, 1.82) is 0 Å². The number of carbonyl (C=O) groups is 1. The monoisotopic (exact) mass is 523 g/mol. The van der Waals surface area contributed by atoms with Crippen LogP contribution in [-0.2, 0) is 23.2 Å². The molecular formula is C27H27ClFN5OS. The van der Waals surface area contributed by atoms with Gasteiger partial charge in [-0.05, 0) is 69.9 Å². The number of benzene rings is 1. The van der Waals surface area contributed by atoms with Crippen LogP contribution in [0.3, 0.4) is 0 Å². The molecule has 36 heavy (non-hydrogen) atoms. The SMILES string of the molecule is Cc1nnc2n1-c1sc3c(c1C(c1ccccc1Cl)=NC21CC1)C[C@H](C(=O)N[C@H]1CC[C@@H](F)CC1)C3. The lowest BCUT2D eigenvalue weighted by Crippen LogP contribution is -2.41. The first-order valence-electron chi connectivity index (χ1n) is 12.8. The van der Waals surface area contributed by atoms with Gasteiger partial charge in [0.05, 0.1) is 5.71 Å². The molecule has 1 spiro atoms. The van der Waals surface area contributed by atoms with Crippen molar-refractivity contribution in [3.63, 3.8) is 0 Å². The zero-order valence-electron chi connectivity index (χ0n) is 20.1. The summed E-state index contributed by atoms with van der Waals surface area (Å²) >= 11 is 8.45. The number of hydrogen-bond donors (Lipinski definition) is 1. The van der Waals surface area contributed by atoms with Gasteiger partial charge in [0.1, 0.15) is 22.5 Å². The molecule has 2 aromatic heterocycles. The predicted molar refractivity (Wildman–Crippen MR) is 138 cm³/mol. The standard InChI is InChI=1S/C27H27ClFN5OS/c1-14-32-33-26-27(10-11-27)31-23(18-4-2-3-5-20(18)28)22-19-12-15(13-21(19)36-25(22)34(14)26)24(35)30-17-8-6-16(29)7-9-17/h2-5,15-17H,6-13H2,1H3,(H,30,35)/t15-,16-,17+/m0/s1. The van der Waals surface area contributed by atoms with Gasteiger partial charge in [0.25, 0.3) is 0 Å². The first-order chi connectivity index (χ1) is 17.4. The molecule has 3 heterocycles. The number of thiophene rings is 1. The van der Waals surface area contributed by atoms with Crippen LogP contribution < -0.4 is 5.32 Å². The van der Waals surface area contributed by atoms with Crippen molar-refractivity contribution in [2.45, 2.75) is 76.0 Å². The topological polar surface area (TPSA) is 72.2 Å². The van der Waals surface area contributed by atoms with Crippen LogP contribution in [0.5, 0.6) is 0 Å². The largest absolute Gasteiger partial charge is 0.353 e. The molecule has 2 fully saturated rings. The molecule has 6 nitrogen and oxygen atoms in total. The Morgan fingerprint density at radius 2 is 1.94 bits per heavy atom. The fourth-order valence-corrected chi connectivity index (χ4v) is 7.74. The maximum absolute atomic E-state index is 13.6. The predicted octanol–water partition coefficient (Wildman–Crippen LogP) is 5.24. The maximum Gasteiger partial charge on any atom is 0.224 e. The van der Waals surface area contributed by atoms with E-state index in [9.17, 15) is 9.18 Å². The molecule has 0 radical (unpaired) electrons. The number of fused-ring (bicyclic) bond motifs is 6. The summed E-state index contributed by atoms with van der Waals surface area (Å²) in [4.78, 5) is 19.8. The van der Waals surface area contributed by atoms with Crippen LogP contribution in [0.4, 0.5) is 4.39 Å². The number of aromatic nitrogens is 3.